The van der Waals surface area contributed by atoms with Crippen molar-refractivity contribution in [1.29, 1.82) is 0 Å². The molecule has 4 heteroatoms. The first-order valence-corrected chi connectivity index (χ1v) is 4.13. The fourth-order valence-corrected chi connectivity index (χ4v) is 1.07. The van der Waals surface area contributed by atoms with E-state index < -0.39 is 18.3 Å². The van der Waals surface area contributed by atoms with E-state index in [-0.39, 0.29) is 5.56 Å². The van der Waals surface area contributed by atoms with E-state index in [4.69, 9.17) is 5.11 Å². The highest BCUT2D eigenvalue weighted by atomic mass is 19.3. The largest absolute Gasteiger partial charge is 0.481 e. The van der Waals surface area contributed by atoms with Crippen molar-refractivity contribution in [2.45, 2.75) is 19.3 Å². The molecule has 1 aromatic carbocycles. The fraction of sp³-hybridized carbons (Fsp3) is 0.300. The van der Waals surface area contributed by atoms with Gasteiger partial charge < -0.3 is 5.11 Å². The maximum Gasteiger partial charge on any atom is 0.310 e. The molecule has 14 heavy (non-hydrogen) atoms. The summed E-state index contributed by atoms with van der Waals surface area (Å²) >= 11 is 0. The lowest BCUT2D eigenvalue weighted by Gasteiger charge is -2.07. The van der Waals surface area contributed by atoms with Gasteiger partial charge in [-0.15, -0.1) is 0 Å². The summed E-state index contributed by atoms with van der Waals surface area (Å²) in [5, 5.41) is 8.67. The zero-order valence-electron chi connectivity index (χ0n) is 7.58. The van der Waals surface area contributed by atoms with E-state index in [1.807, 2.05) is 0 Å². The standard InChI is InChI=1S/C10H10F2O2/c1-6(10(13)14)7-2-4-8(5-3-7)9(11)12/h2-6,9H,1H3,(H,13,14)/t6-/m1/s1. The summed E-state index contributed by atoms with van der Waals surface area (Å²) in [4.78, 5) is 10.6. The normalized spacial score (nSPS) is 12.9. The number of hydrogen-bond acceptors (Lipinski definition) is 1. The number of hydrogen-bond donors (Lipinski definition) is 1. The van der Waals surface area contributed by atoms with Crippen LogP contribution in [-0.2, 0) is 4.79 Å². The molecule has 0 saturated carbocycles. The molecule has 0 aromatic heterocycles. The summed E-state index contributed by atoms with van der Waals surface area (Å²) in [7, 11) is 0. The van der Waals surface area contributed by atoms with Crippen LogP contribution >= 0.6 is 0 Å². The van der Waals surface area contributed by atoms with Crippen molar-refractivity contribution in [1.82, 2.24) is 0 Å². The Morgan fingerprint density at radius 1 is 1.21 bits per heavy atom. The SMILES string of the molecule is C[C@@H](C(=O)O)c1ccc(C(F)F)cc1. The van der Waals surface area contributed by atoms with Crippen LogP contribution in [0.2, 0.25) is 0 Å². The van der Waals surface area contributed by atoms with Gasteiger partial charge in [0.05, 0.1) is 5.92 Å². The van der Waals surface area contributed by atoms with Crippen LogP contribution in [0.3, 0.4) is 0 Å². The van der Waals surface area contributed by atoms with Crippen molar-refractivity contribution in [3.05, 3.63) is 35.4 Å². The van der Waals surface area contributed by atoms with E-state index in [2.05, 4.69) is 0 Å². The molecule has 0 saturated heterocycles. The second-order valence-electron chi connectivity index (χ2n) is 3.03. The lowest BCUT2D eigenvalue weighted by molar-refractivity contribution is -0.138. The third-order valence-electron chi connectivity index (χ3n) is 2.06. The maximum absolute atomic E-state index is 12.1. The number of halogens is 2. The summed E-state index contributed by atoms with van der Waals surface area (Å²) < 4.78 is 24.3. The van der Waals surface area contributed by atoms with Crippen molar-refractivity contribution >= 4 is 5.97 Å². The summed E-state index contributed by atoms with van der Waals surface area (Å²) in [6, 6.07) is 5.33. The first kappa shape index (κ1) is 10.6. The zero-order valence-corrected chi connectivity index (χ0v) is 7.58. The van der Waals surface area contributed by atoms with Crippen LogP contribution in [0.4, 0.5) is 8.78 Å². The van der Waals surface area contributed by atoms with E-state index in [0.29, 0.717) is 5.56 Å². The predicted molar refractivity (Wildman–Crippen MR) is 47.4 cm³/mol. The van der Waals surface area contributed by atoms with Crippen molar-refractivity contribution in [3.63, 3.8) is 0 Å². The molecule has 1 atom stereocenters. The maximum atomic E-state index is 12.1. The van der Waals surface area contributed by atoms with Crippen LogP contribution in [0.1, 0.15) is 30.4 Å². The van der Waals surface area contributed by atoms with Gasteiger partial charge in [0.25, 0.3) is 6.43 Å². The molecule has 0 aliphatic rings. The molecule has 76 valence electrons. The Hall–Kier alpha value is -1.45. The van der Waals surface area contributed by atoms with Crippen LogP contribution in [0, 0.1) is 0 Å². The quantitative estimate of drug-likeness (QED) is 0.814. The summed E-state index contributed by atoms with van der Waals surface area (Å²) in [5.41, 5.74) is 0.438. The predicted octanol–water partition coefficient (Wildman–Crippen LogP) is 2.81. The molecule has 1 N–H and O–H groups in total. The Kier molecular flexibility index (Phi) is 3.17. The molecular formula is C10H10F2O2. The van der Waals surface area contributed by atoms with Crippen LogP contribution in [0.25, 0.3) is 0 Å². The minimum Gasteiger partial charge on any atom is -0.481 e. The van der Waals surface area contributed by atoms with Gasteiger partial charge in [-0.1, -0.05) is 24.3 Å². The second-order valence-corrected chi connectivity index (χ2v) is 3.03. The highest BCUT2D eigenvalue weighted by Gasteiger charge is 2.14. The van der Waals surface area contributed by atoms with Crippen molar-refractivity contribution in [2.24, 2.45) is 0 Å². The van der Waals surface area contributed by atoms with Gasteiger partial charge in [-0.2, -0.15) is 0 Å². The van der Waals surface area contributed by atoms with Crippen LogP contribution in [0.15, 0.2) is 24.3 Å². The monoisotopic (exact) mass is 200 g/mol. The molecule has 0 aliphatic heterocycles. The number of carboxylic acid groups (broad SMARTS) is 1. The van der Waals surface area contributed by atoms with Crippen molar-refractivity contribution in [3.8, 4) is 0 Å². The Morgan fingerprint density at radius 2 is 1.64 bits per heavy atom. The van der Waals surface area contributed by atoms with Gasteiger partial charge in [0.2, 0.25) is 0 Å². The molecule has 2 nitrogen and oxygen atoms in total. The molecule has 0 unspecified atom stereocenters. The zero-order chi connectivity index (χ0) is 10.7. The molecule has 0 amide bonds. The molecule has 0 fully saturated rings. The lowest BCUT2D eigenvalue weighted by atomic mass is 10.0. The van der Waals surface area contributed by atoms with Crippen LogP contribution in [0.5, 0.6) is 0 Å². The summed E-state index contributed by atoms with van der Waals surface area (Å²) in [5.74, 6) is -1.63. The van der Waals surface area contributed by atoms with E-state index in [1.165, 1.54) is 31.2 Å². The number of rotatable bonds is 3. The van der Waals surface area contributed by atoms with Gasteiger partial charge in [0.15, 0.2) is 0 Å². The first-order valence-electron chi connectivity index (χ1n) is 4.13. The van der Waals surface area contributed by atoms with Gasteiger partial charge in [0.1, 0.15) is 0 Å². The smallest absolute Gasteiger partial charge is 0.310 e. The molecule has 1 aromatic rings. The average Bonchev–Trinajstić information content (AvgIpc) is 2.16. The van der Waals surface area contributed by atoms with E-state index in [0.717, 1.165) is 0 Å². The molecule has 1 rings (SSSR count). The minimum atomic E-state index is -2.51. The number of carboxylic acids is 1. The van der Waals surface area contributed by atoms with Crippen LogP contribution in [-0.4, -0.2) is 11.1 Å². The summed E-state index contributed by atoms with van der Waals surface area (Å²) in [6.45, 7) is 1.51. The fourth-order valence-electron chi connectivity index (χ4n) is 1.07. The Balaban J connectivity index is 2.88. The molecule has 0 bridgehead atoms. The Labute approximate surface area is 80.2 Å². The third kappa shape index (κ3) is 2.28. The minimum absolute atomic E-state index is 0.0914. The van der Waals surface area contributed by atoms with Gasteiger partial charge in [-0.25, -0.2) is 8.78 Å². The van der Waals surface area contributed by atoms with E-state index in [9.17, 15) is 13.6 Å². The average molecular weight is 200 g/mol. The molecule has 0 heterocycles. The molecular weight excluding hydrogens is 190 g/mol. The van der Waals surface area contributed by atoms with Gasteiger partial charge in [-0.05, 0) is 12.5 Å². The van der Waals surface area contributed by atoms with Crippen LogP contribution < -0.4 is 0 Å². The molecule has 0 aliphatic carbocycles. The first-order chi connectivity index (χ1) is 6.52. The highest BCUT2D eigenvalue weighted by Crippen LogP contribution is 2.22. The Bertz CT molecular complexity index is 319. The number of carbonyl (C=O) groups is 1. The number of benzene rings is 1. The molecule has 0 spiro atoms. The lowest BCUT2D eigenvalue weighted by Crippen LogP contribution is -2.07. The topological polar surface area (TPSA) is 37.3 Å². The van der Waals surface area contributed by atoms with E-state index in [1.54, 1.807) is 0 Å². The van der Waals surface area contributed by atoms with E-state index >= 15 is 0 Å². The number of aliphatic carboxylic acids is 1. The number of alkyl halides is 2. The second kappa shape index (κ2) is 4.17. The third-order valence-corrected chi connectivity index (χ3v) is 2.06. The van der Waals surface area contributed by atoms with Gasteiger partial charge >= 0.3 is 5.97 Å². The summed E-state index contributed by atoms with van der Waals surface area (Å²) in [6.07, 6.45) is -2.51. The van der Waals surface area contributed by atoms with Gasteiger partial charge in [-0.3, -0.25) is 4.79 Å². The molecule has 0 radical (unpaired) electrons. The van der Waals surface area contributed by atoms with Crippen molar-refractivity contribution < 1.29 is 18.7 Å². The van der Waals surface area contributed by atoms with Gasteiger partial charge in [0, 0.05) is 5.56 Å². The Morgan fingerprint density at radius 3 is 2.00 bits per heavy atom. The van der Waals surface area contributed by atoms with Crippen molar-refractivity contribution in [2.75, 3.05) is 0 Å². The highest BCUT2D eigenvalue weighted by molar-refractivity contribution is 5.75.